The van der Waals surface area contributed by atoms with Crippen LogP contribution in [0, 0.1) is 18.3 Å². The SMILES string of the molecule is C#CCNC(=O)COc1ccc(C(N)c2ccc(OC)cc2OC)cc1.CC.CC.CC(C)C. The molecule has 0 saturated heterocycles. The van der Waals surface area contributed by atoms with E-state index in [0.29, 0.717) is 17.2 Å². The number of rotatable bonds is 8. The Hall–Kier alpha value is -3.17. The van der Waals surface area contributed by atoms with Gasteiger partial charge in [0.15, 0.2) is 6.61 Å². The maximum Gasteiger partial charge on any atom is 0.258 e. The summed E-state index contributed by atoms with van der Waals surface area (Å²) in [6, 6.07) is 12.4. The molecule has 1 amide bonds. The van der Waals surface area contributed by atoms with Crippen molar-refractivity contribution < 1.29 is 19.0 Å². The van der Waals surface area contributed by atoms with Crippen molar-refractivity contribution in [3.63, 3.8) is 0 Å². The summed E-state index contributed by atoms with van der Waals surface area (Å²) in [6.07, 6.45) is 5.08. The number of hydrogen-bond donors (Lipinski definition) is 2. The summed E-state index contributed by atoms with van der Waals surface area (Å²) in [5.41, 5.74) is 8.10. The van der Waals surface area contributed by atoms with Gasteiger partial charge in [0, 0.05) is 11.6 Å². The van der Waals surface area contributed by atoms with Crippen molar-refractivity contribution in [2.45, 2.75) is 54.5 Å². The fraction of sp³-hybridized carbons (Fsp3) is 0.464. The van der Waals surface area contributed by atoms with E-state index in [1.54, 1.807) is 32.4 Å². The summed E-state index contributed by atoms with van der Waals surface area (Å²) in [4.78, 5) is 11.5. The molecule has 0 bridgehead atoms. The Balaban J connectivity index is 0. The lowest BCUT2D eigenvalue weighted by atomic mass is 9.98. The second kappa shape index (κ2) is 20.4. The third-order valence-corrected chi connectivity index (χ3v) is 3.77. The normalized spacial score (nSPS) is 9.94. The maximum absolute atomic E-state index is 11.5. The van der Waals surface area contributed by atoms with Crippen molar-refractivity contribution in [1.29, 1.82) is 0 Å². The number of amides is 1. The van der Waals surface area contributed by atoms with E-state index in [2.05, 4.69) is 32.0 Å². The molecule has 1 atom stereocenters. The van der Waals surface area contributed by atoms with Gasteiger partial charge in [-0.2, -0.15) is 0 Å². The van der Waals surface area contributed by atoms with Gasteiger partial charge in [0.05, 0.1) is 26.8 Å². The highest BCUT2D eigenvalue weighted by molar-refractivity contribution is 5.77. The summed E-state index contributed by atoms with van der Waals surface area (Å²) in [6.45, 7) is 14.6. The first kappa shape index (κ1) is 33.0. The first-order valence-electron chi connectivity index (χ1n) is 11.7. The van der Waals surface area contributed by atoms with Crippen molar-refractivity contribution in [2.75, 3.05) is 27.4 Å². The van der Waals surface area contributed by atoms with Gasteiger partial charge in [0.1, 0.15) is 17.2 Å². The van der Waals surface area contributed by atoms with Crippen molar-refractivity contribution in [1.82, 2.24) is 5.32 Å². The molecule has 6 nitrogen and oxygen atoms in total. The number of carbonyl (C=O) groups is 1. The molecule has 0 aromatic heterocycles. The predicted octanol–water partition coefficient (Wildman–Crippen LogP) is 5.59. The van der Waals surface area contributed by atoms with E-state index in [9.17, 15) is 4.79 Å². The van der Waals surface area contributed by atoms with Crippen LogP contribution in [-0.4, -0.2) is 33.3 Å². The van der Waals surface area contributed by atoms with E-state index in [-0.39, 0.29) is 25.1 Å². The Morgan fingerprint density at radius 3 is 1.97 bits per heavy atom. The zero-order valence-electron chi connectivity index (χ0n) is 22.4. The van der Waals surface area contributed by atoms with Gasteiger partial charge in [0.2, 0.25) is 0 Å². The Labute approximate surface area is 207 Å². The fourth-order valence-electron chi connectivity index (χ4n) is 2.38. The largest absolute Gasteiger partial charge is 0.497 e. The van der Waals surface area contributed by atoms with Crippen molar-refractivity contribution in [3.8, 4) is 29.6 Å². The van der Waals surface area contributed by atoms with Crippen LogP contribution in [0.15, 0.2) is 42.5 Å². The third kappa shape index (κ3) is 13.4. The van der Waals surface area contributed by atoms with Gasteiger partial charge in [0.25, 0.3) is 5.91 Å². The lowest BCUT2D eigenvalue weighted by Crippen LogP contribution is -2.29. The molecule has 2 aromatic carbocycles. The second-order valence-corrected chi connectivity index (χ2v) is 7.16. The molecule has 1 unspecified atom stereocenters. The van der Waals surface area contributed by atoms with Crippen LogP contribution in [0.1, 0.15) is 65.6 Å². The predicted molar refractivity (Wildman–Crippen MR) is 143 cm³/mol. The maximum atomic E-state index is 11.5. The average Bonchev–Trinajstić information content (AvgIpc) is 2.87. The van der Waals surface area contributed by atoms with E-state index in [4.69, 9.17) is 26.4 Å². The quantitative estimate of drug-likeness (QED) is 0.489. The monoisotopic (exact) mass is 472 g/mol. The molecule has 0 aliphatic rings. The molecule has 2 rings (SSSR count). The van der Waals surface area contributed by atoms with Crippen LogP contribution in [0.3, 0.4) is 0 Å². The van der Waals surface area contributed by atoms with Gasteiger partial charge in [-0.15, -0.1) is 6.42 Å². The molecule has 0 heterocycles. The summed E-state index contributed by atoms with van der Waals surface area (Å²) in [7, 11) is 3.19. The molecule has 0 saturated carbocycles. The van der Waals surface area contributed by atoms with E-state index >= 15 is 0 Å². The van der Waals surface area contributed by atoms with Crippen LogP contribution in [0.4, 0.5) is 0 Å². The third-order valence-electron chi connectivity index (χ3n) is 3.77. The molecular formula is C28H44N2O4. The lowest BCUT2D eigenvalue weighted by Gasteiger charge is -2.17. The molecule has 0 radical (unpaired) electrons. The minimum atomic E-state index is -0.371. The van der Waals surface area contributed by atoms with Crippen LogP contribution in [0.2, 0.25) is 0 Å². The number of benzene rings is 2. The molecule has 0 aliphatic heterocycles. The van der Waals surface area contributed by atoms with E-state index < -0.39 is 0 Å². The zero-order valence-corrected chi connectivity index (χ0v) is 22.4. The minimum absolute atomic E-state index is 0.0978. The van der Waals surface area contributed by atoms with Crippen LogP contribution < -0.4 is 25.3 Å². The number of hydrogen-bond acceptors (Lipinski definition) is 5. The van der Waals surface area contributed by atoms with E-state index in [1.807, 2.05) is 52.0 Å². The number of terminal acetylenes is 1. The van der Waals surface area contributed by atoms with Gasteiger partial charge < -0.3 is 25.3 Å². The van der Waals surface area contributed by atoms with Crippen LogP contribution in [-0.2, 0) is 4.79 Å². The molecule has 2 aromatic rings. The van der Waals surface area contributed by atoms with Gasteiger partial charge in [-0.25, -0.2) is 0 Å². The summed E-state index contributed by atoms with van der Waals surface area (Å²) >= 11 is 0. The average molecular weight is 473 g/mol. The number of nitrogens with one attached hydrogen (secondary N) is 1. The van der Waals surface area contributed by atoms with Crippen molar-refractivity contribution in [3.05, 3.63) is 53.6 Å². The van der Waals surface area contributed by atoms with Crippen molar-refractivity contribution >= 4 is 5.91 Å². The van der Waals surface area contributed by atoms with Gasteiger partial charge in [-0.1, -0.05) is 66.5 Å². The Morgan fingerprint density at radius 2 is 1.50 bits per heavy atom. The Kier molecular flexibility index (Phi) is 19.8. The lowest BCUT2D eigenvalue weighted by molar-refractivity contribution is -0.122. The molecule has 0 fully saturated rings. The van der Waals surface area contributed by atoms with Crippen LogP contribution >= 0.6 is 0 Å². The second-order valence-electron chi connectivity index (χ2n) is 7.16. The van der Waals surface area contributed by atoms with Gasteiger partial charge in [-0.05, 0) is 35.7 Å². The number of ether oxygens (including phenoxy) is 3. The minimum Gasteiger partial charge on any atom is -0.497 e. The molecule has 0 spiro atoms. The smallest absolute Gasteiger partial charge is 0.258 e. The first-order valence-corrected chi connectivity index (χ1v) is 11.7. The molecule has 6 heteroatoms. The number of methoxy groups -OCH3 is 2. The number of nitrogens with two attached hydrogens (primary N) is 1. The van der Waals surface area contributed by atoms with E-state index in [1.165, 1.54) is 0 Å². The van der Waals surface area contributed by atoms with Gasteiger partial charge in [-0.3, -0.25) is 4.79 Å². The van der Waals surface area contributed by atoms with Crippen LogP contribution in [0.25, 0.3) is 0 Å². The molecular weight excluding hydrogens is 428 g/mol. The Morgan fingerprint density at radius 1 is 0.971 bits per heavy atom. The number of carbonyl (C=O) groups excluding carboxylic acids is 1. The molecule has 0 aliphatic carbocycles. The first-order chi connectivity index (χ1) is 16.3. The molecule has 34 heavy (non-hydrogen) atoms. The summed E-state index contributed by atoms with van der Waals surface area (Å²) in [5.74, 6) is 4.81. The standard InChI is InChI=1S/C20H22N2O4.C4H10.2C2H6/c1-4-11-22-19(23)13-26-15-7-5-14(6-8-15)20(21)17-10-9-16(24-2)12-18(17)25-3;1-4(2)3;2*1-2/h1,5-10,12,20H,11,13,21H2,2-3H3,(H,22,23);4H,1-3H3;2*1-2H3. The summed E-state index contributed by atoms with van der Waals surface area (Å²) in [5, 5.41) is 2.53. The molecule has 3 N–H and O–H groups in total. The van der Waals surface area contributed by atoms with Crippen molar-refractivity contribution in [2.24, 2.45) is 11.7 Å². The Bertz CT molecular complexity index is 825. The topological polar surface area (TPSA) is 82.8 Å². The van der Waals surface area contributed by atoms with Crippen LogP contribution in [0.5, 0.6) is 17.2 Å². The molecule has 190 valence electrons. The summed E-state index contributed by atoms with van der Waals surface area (Å²) < 4.78 is 16.0. The highest BCUT2D eigenvalue weighted by Gasteiger charge is 2.15. The highest BCUT2D eigenvalue weighted by Crippen LogP contribution is 2.32. The fourth-order valence-corrected chi connectivity index (χ4v) is 2.38. The van der Waals surface area contributed by atoms with E-state index in [0.717, 1.165) is 17.0 Å². The highest BCUT2D eigenvalue weighted by atomic mass is 16.5. The zero-order chi connectivity index (χ0) is 26.5. The van der Waals surface area contributed by atoms with Gasteiger partial charge >= 0.3 is 0 Å².